The van der Waals surface area contributed by atoms with Gasteiger partial charge in [-0.2, -0.15) is 0 Å². The quantitative estimate of drug-likeness (QED) is 0.713. The molecule has 2 aromatic carbocycles. The highest BCUT2D eigenvalue weighted by Crippen LogP contribution is 2.21. The van der Waals surface area contributed by atoms with Gasteiger partial charge in [-0.15, -0.1) is 0 Å². The molecule has 2 atom stereocenters. The van der Waals surface area contributed by atoms with Crippen molar-refractivity contribution >= 4 is 11.6 Å². The predicted molar refractivity (Wildman–Crippen MR) is 106 cm³/mol. The number of carbonyl (C=O) groups is 1. The zero-order valence-electron chi connectivity index (χ0n) is 15.7. The molecule has 144 valence electrons. The Morgan fingerprint density at radius 2 is 1.93 bits per heavy atom. The summed E-state index contributed by atoms with van der Waals surface area (Å²) in [6.45, 7) is 2.78. The number of halogens is 1. The van der Waals surface area contributed by atoms with E-state index in [0.29, 0.717) is 5.69 Å². The number of benzene rings is 2. The Labute approximate surface area is 163 Å². The molecule has 1 aliphatic rings. The zero-order valence-corrected chi connectivity index (χ0v) is 15.7. The van der Waals surface area contributed by atoms with Gasteiger partial charge in [0.1, 0.15) is 17.7 Å². The number of nitrogens with zero attached hydrogens (tertiary/aromatic N) is 2. The Balaban J connectivity index is 1.52. The van der Waals surface area contributed by atoms with Crippen molar-refractivity contribution in [1.29, 1.82) is 0 Å². The summed E-state index contributed by atoms with van der Waals surface area (Å²) in [5, 5.41) is 6.41. The van der Waals surface area contributed by atoms with Crippen LogP contribution in [0.25, 0.3) is 0 Å². The Morgan fingerprint density at radius 1 is 1.18 bits per heavy atom. The summed E-state index contributed by atoms with van der Waals surface area (Å²) in [5.41, 5.74) is 2.49. The second-order valence-electron chi connectivity index (χ2n) is 7.19. The molecule has 0 aliphatic carbocycles. The molecule has 3 aromatic rings. The van der Waals surface area contributed by atoms with E-state index in [4.69, 9.17) is 0 Å². The molecule has 28 heavy (non-hydrogen) atoms. The molecule has 1 aliphatic heterocycles. The Morgan fingerprint density at radius 3 is 2.68 bits per heavy atom. The lowest BCUT2D eigenvalue weighted by atomic mass is 10.0. The number of rotatable bonds is 5. The van der Waals surface area contributed by atoms with Crippen LogP contribution >= 0.6 is 0 Å². The van der Waals surface area contributed by atoms with Gasteiger partial charge in [0.25, 0.3) is 0 Å². The summed E-state index contributed by atoms with van der Waals surface area (Å²) < 4.78 is 15.3. The van der Waals surface area contributed by atoms with E-state index in [1.54, 1.807) is 12.1 Å². The van der Waals surface area contributed by atoms with Crippen LogP contribution in [-0.4, -0.2) is 21.5 Å². The minimum atomic E-state index is -0.498. The maximum absolute atomic E-state index is 13.1. The van der Waals surface area contributed by atoms with E-state index < -0.39 is 6.04 Å². The topological polar surface area (TPSA) is 59.0 Å². The molecular weight excluding hydrogens is 355 g/mol. The van der Waals surface area contributed by atoms with Gasteiger partial charge in [-0.3, -0.25) is 10.1 Å². The van der Waals surface area contributed by atoms with Gasteiger partial charge in [-0.25, -0.2) is 9.37 Å². The van der Waals surface area contributed by atoms with Crippen LogP contribution in [0.2, 0.25) is 0 Å². The number of nitrogens with one attached hydrogen (secondary N) is 2. The number of hydrogen-bond acceptors (Lipinski definition) is 3. The fraction of sp³-hybridized carbons (Fsp3) is 0.273. The third-order valence-corrected chi connectivity index (χ3v) is 5.02. The second kappa shape index (κ2) is 7.94. The largest absolute Gasteiger partial charge is 0.333 e. The van der Waals surface area contributed by atoms with Gasteiger partial charge in [-0.05, 0) is 43.2 Å². The normalized spacial score (nSPS) is 17.0. The molecular formula is C22H23FN4O. The fourth-order valence-electron chi connectivity index (χ4n) is 3.67. The van der Waals surface area contributed by atoms with Gasteiger partial charge < -0.3 is 9.88 Å². The van der Waals surface area contributed by atoms with Gasteiger partial charge in [0, 0.05) is 30.9 Å². The van der Waals surface area contributed by atoms with Crippen LogP contribution < -0.4 is 10.6 Å². The molecule has 1 amide bonds. The number of amides is 1. The summed E-state index contributed by atoms with van der Waals surface area (Å²) in [4.78, 5) is 17.6. The van der Waals surface area contributed by atoms with Crippen molar-refractivity contribution in [1.82, 2.24) is 14.9 Å². The first-order valence-electron chi connectivity index (χ1n) is 9.48. The fourth-order valence-corrected chi connectivity index (χ4v) is 3.67. The molecule has 5 nitrogen and oxygen atoms in total. The van der Waals surface area contributed by atoms with Crippen LogP contribution in [-0.2, 0) is 17.8 Å². The summed E-state index contributed by atoms with van der Waals surface area (Å²) in [5.74, 6) is 0.609. The first-order chi connectivity index (χ1) is 13.6. The maximum atomic E-state index is 13.1. The van der Waals surface area contributed by atoms with Gasteiger partial charge in [-0.1, -0.05) is 30.3 Å². The second-order valence-corrected chi connectivity index (χ2v) is 7.19. The van der Waals surface area contributed by atoms with E-state index in [1.807, 2.05) is 37.3 Å². The molecule has 1 aromatic heterocycles. The molecule has 6 heteroatoms. The van der Waals surface area contributed by atoms with Gasteiger partial charge in [0.15, 0.2) is 0 Å². The molecule has 0 radical (unpaired) electrons. The van der Waals surface area contributed by atoms with E-state index in [-0.39, 0.29) is 17.8 Å². The van der Waals surface area contributed by atoms with Crippen LogP contribution in [0.4, 0.5) is 10.1 Å². The van der Waals surface area contributed by atoms with Gasteiger partial charge in [0.05, 0.1) is 5.69 Å². The first kappa shape index (κ1) is 18.4. The first-order valence-corrected chi connectivity index (χ1v) is 9.48. The third kappa shape index (κ3) is 4.12. The third-order valence-electron chi connectivity index (χ3n) is 5.02. The summed E-state index contributed by atoms with van der Waals surface area (Å²) in [6.07, 6.45) is 3.86. The monoisotopic (exact) mass is 378 g/mol. The van der Waals surface area contributed by atoms with Crippen LogP contribution in [0.15, 0.2) is 60.8 Å². The standard InChI is InChI=1S/C22H23FN4O/c1-15-13-27-14-19(11-12-20(27)24-15)25-21(16-5-3-2-4-6-16)22(28)26-18-9-7-17(23)8-10-18/h2-10,13,19,21,25H,11-12,14H2,1H3,(H,26,28)/t19-,21-/m1/s1. The molecule has 0 spiro atoms. The zero-order chi connectivity index (χ0) is 19.5. The molecule has 0 unspecified atom stereocenters. The lowest BCUT2D eigenvalue weighted by Gasteiger charge is -2.29. The average molecular weight is 378 g/mol. The van der Waals surface area contributed by atoms with Crippen molar-refractivity contribution in [2.24, 2.45) is 0 Å². The van der Waals surface area contributed by atoms with Crippen LogP contribution in [0.3, 0.4) is 0 Å². The van der Waals surface area contributed by atoms with Crippen molar-refractivity contribution in [2.75, 3.05) is 5.32 Å². The van der Waals surface area contributed by atoms with Crippen LogP contribution in [0.5, 0.6) is 0 Å². The van der Waals surface area contributed by atoms with Crippen LogP contribution in [0, 0.1) is 12.7 Å². The summed E-state index contributed by atoms with van der Waals surface area (Å²) in [6, 6.07) is 15.1. The molecule has 0 bridgehead atoms. The molecule has 0 fully saturated rings. The molecule has 0 saturated heterocycles. The smallest absolute Gasteiger partial charge is 0.246 e. The van der Waals surface area contributed by atoms with Crippen molar-refractivity contribution in [2.45, 2.75) is 38.4 Å². The number of aryl methyl sites for hydroxylation is 2. The lowest BCUT2D eigenvalue weighted by Crippen LogP contribution is -2.43. The Hall–Kier alpha value is -2.99. The van der Waals surface area contributed by atoms with Gasteiger partial charge >= 0.3 is 0 Å². The summed E-state index contributed by atoms with van der Waals surface area (Å²) in [7, 11) is 0. The number of hydrogen-bond donors (Lipinski definition) is 2. The highest BCUT2D eigenvalue weighted by atomic mass is 19.1. The Bertz CT molecular complexity index is 952. The van der Waals surface area contributed by atoms with E-state index in [2.05, 4.69) is 26.4 Å². The SMILES string of the molecule is Cc1cn2c(n1)CC[C@@H](N[C@@H](C(=O)Nc1ccc(F)cc1)c1ccccc1)C2. The number of imidazole rings is 1. The van der Waals surface area contributed by atoms with Crippen molar-refractivity contribution < 1.29 is 9.18 Å². The number of anilines is 1. The highest BCUT2D eigenvalue weighted by molar-refractivity contribution is 5.95. The predicted octanol–water partition coefficient (Wildman–Crippen LogP) is 3.62. The van der Waals surface area contributed by atoms with Crippen molar-refractivity contribution in [3.8, 4) is 0 Å². The molecule has 2 heterocycles. The molecule has 2 N–H and O–H groups in total. The minimum Gasteiger partial charge on any atom is -0.333 e. The van der Waals surface area contributed by atoms with Crippen LogP contribution in [0.1, 0.15) is 29.5 Å². The summed E-state index contributed by atoms with van der Waals surface area (Å²) >= 11 is 0. The van der Waals surface area contributed by atoms with E-state index in [0.717, 1.165) is 36.5 Å². The van der Waals surface area contributed by atoms with E-state index >= 15 is 0 Å². The average Bonchev–Trinajstić information content (AvgIpc) is 3.07. The highest BCUT2D eigenvalue weighted by Gasteiger charge is 2.27. The van der Waals surface area contributed by atoms with E-state index in [1.165, 1.54) is 12.1 Å². The number of aromatic nitrogens is 2. The van der Waals surface area contributed by atoms with Crippen molar-refractivity contribution in [3.05, 3.63) is 83.7 Å². The van der Waals surface area contributed by atoms with E-state index in [9.17, 15) is 9.18 Å². The minimum absolute atomic E-state index is 0.158. The van der Waals surface area contributed by atoms with Crippen molar-refractivity contribution in [3.63, 3.8) is 0 Å². The van der Waals surface area contributed by atoms with Gasteiger partial charge in [0.2, 0.25) is 5.91 Å². The maximum Gasteiger partial charge on any atom is 0.246 e. The Kier molecular flexibility index (Phi) is 5.21. The molecule has 0 saturated carbocycles. The number of carbonyl (C=O) groups excluding carboxylic acids is 1. The molecule has 4 rings (SSSR count). The lowest BCUT2D eigenvalue weighted by molar-refractivity contribution is -0.118. The number of fused-ring (bicyclic) bond motifs is 1.